The Hall–Kier alpha value is -2.88. The Bertz CT molecular complexity index is 1280. The number of carbonyl (C=O) groups is 1. The van der Waals surface area contributed by atoms with Gasteiger partial charge in [0.05, 0.1) is 12.2 Å². The molecule has 1 aromatic heterocycles. The fourth-order valence-corrected chi connectivity index (χ4v) is 6.13. The van der Waals surface area contributed by atoms with Gasteiger partial charge < -0.3 is 14.9 Å². The summed E-state index contributed by atoms with van der Waals surface area (Å²) in [7, 11) is 0. The van der Waals surface area contributed by atoms with Crippen molar-refractivity contribution in [2.75, 3.05) is 55.6 Å². The van der Waals surface area contributed by atoms with Gasteiger partial charge in [0, 0.05) is 67.8 Å². The lowest BCUT2D eigenvalue weighted by Crippen LogP contribution is -2.47. The first-order valence-corrected chi connectivity index (χ1v) is 14.6. The highest BCUT2D eigenvalue weighted by Crippen LogP contribution is 2.38. The van der Waals surface area contributed by atoms with Gasteiger partial charge in [0.25, 0.3) is 12.9 Å². The lowest BCUT2D eigenvalue weighted by Gasteiger charge is -2.37. The van der Waals surface area contributed by atoms with Gasteiger partial charge in [0.2, 0.25) is 0 Å². The number of hydrogen-bond acceptors (Lipinski definition) is 5. The molecule has 1 N–H and O–H groups in total. The summed E-state index contributed by atoms with van der Waals surface area (Å²) in [5, 5.41) is 11.9. The Morgan fingerprint density at radius 3 is 2.33 bits per heavy atom. The van der Waals surface area contributed by atoms with Gasteiger partial charge in [-0.1, -0.05) is 43.6 Å². The average Bonchev–Trinajstić information content (AvgIpc) is 3.35. The molecular weight excluding hydrogens is 583 g/mol. The zero-order valence-corrected chi connectivity index (χ0v) is 26.0. The molecule has 42 heavy (non-hydrogen) atoms. The fraction of sp³-hybridized carbons (Fsp3) is 0.484. The summed E-state index contributed by atoms with van der Waals surface area (Å²) in [5.41, 5.74) is 5.10. The van der Waals surface area contributed by atoms with Gasteiger partial charge in [-0.05, 0) is 61.1 Å². The van der Waals surface area contributed by atoms with Gasteiger partial charge >= 0.3 is 0 Å². The largest absolute Gasteiger partial charge is 0.483 e. The van der Waals surface area contributed by atoms with Crippen LogP contribution in [0, 0.1) is 12.8 Å². The molecule has 1 atom stereocenters. The van der Waals surface area contributed by atoms with Crippen LogP contribution in [0.5, 0.6) is 0 Å². The molecule has 5 rings (SSSR count). The number of piperidine rings is 1. The molecule has 7 nitrogen and oxygen atoms in total. The molecule has 0 radical (unpaired) electrons. The maximum atomic E-state index is 13.8. The van der Waals surface area contributed by atoms with E-state index in [1.165, 1.54) is 5.69 Å². The number of rotatable bonds is 7. The van der Waals surface area contributed by atoms with Crippen molar-refractivity contribution in [3.05, 3.63) is 64.9 Å². The number of carboxylic acid groups (broad SMARTS) is 1. The number of benzene rings is 2. The number of alkyl halides is 2. The minimum atomic E-state index is -2.54. The van der Waals surface area contributed by atoms with E-state index in [1.807, 2.05) is 12.1 Å². The van der Waals surface area contributed by atoms with E-state index in [2.05, 4.69) is 64.0 Å². The third-order valence-corrected chi connectivity index (χ3v) is 8.05. The first kappa shape index (κ1) is 33.6. The van der Waals surface area contributed by atoms with E-state index in [4.69, 9.17) is 21.5 Å². The Balaban J connectivity index is 0.00000116. The first-order chi connectivity index (χ1) is 19.7. The third-order valence-electron chi connectivity index (χ3n) is 7.82. The molecule has 11 heteroatoms. The van der Waals surface area contributed by atoms with Gasteiger partial charge in [0.1, 0.15) is 5.69 Å². The van der Waals surface area contributed by atoms with E-state index >= 15 is 0 Å². The summed E-state index contributed by atoms with van der Waals surface area (Å²) in [6.07, 6.45) is 0.745. The summed E-state index contributed by atoms with van der Waals surface area (Å²) in [6.45, 7) is 12.9. The summed E-state index contributed by atoms with van der Waals surface area (Å²) in [4.78, 5) is 15.7. The van der Waals surface area contributed by atoms with Crippen LogP contribution in [-0.4, -0.2) is 72.1 Å². The molecule has 0 saturated carbocycles. The van der Waals surface area contributed by atoms with Gasteiger partial charge in [-0.15, -0.1) is 12.4 Å². The van der Waals surface area contributed by atoms with Crippen molar-refractivity contribution in [2.24, 2.45) is 5.92 Å². The second kappa shape index (κ2) is 15.5. The second-order valence-electron chi connectivity index (χ2n) is 11.2. The fourth-order valence-electron chi connectivity index (χ4n) is 5.96. The van der Waals surface area contributed by atoms with Crippen LogP contribution in [0.2, 0.25) is 5.02 Å². The van der Waals surface area contributed by atoms with E-state index in [-0.39, 0.29) is 30.6 Å². The second-order valence-corrected chi connectivity index (χ2v) is 11.6. The monoisotopic (exact) mass is 623 g/mol. The molecule has 2 aromatic carbocycles. The molecule has 1 unspecified atom stereocenters. The van der Waals surface area contributed by atoms with Crippen molar-refractivity contribution in [1.29, 1.82) is 0 Å². The molecule has 0 amide bonds. The first-order valence-electron chi connectivity index (χ1n) is 14.2. The number of nitrogens with zero attached hydrogens (tertiary/aromatic N) is 5. The molecule has 0 spiro atoms. The number of hydrogen-bond donors (Lipinski definition) is 1. The van der Waals surface area contributed by atoms with Crippen LogP contribution in [0.25, 0.3) is 11.1 Å². The topological polar surface area (TPSA) is 64.8 Å². The van der Waals surface area contributed by atoms with Crippen LogP contribution in [0.15, 0.2) is 48.7 Å². The Morgan fingerprint density at radius 2 is 1.71 bits per heavy atom. The molecule has 0 bridgehead atoms. The van der Waals surface area contributed by atoms with Crippen molar-refractivity contribution in [2.45, 2.75) is 46.1 Å². The Morgan fingerprint density at radius 1 is 1.05 bits per heavy atom. The van der Waals surface area contributed by atoms with Crippen molar-refractivity contribution in [3.8, 4) is 11.1 Å². The van der Waals surface area contributed by atoms with Crippen LogP contribution in [0.1, 0.15) is 50.4 Å². The van der Waals surface area contributed by atoms with Crippen molar-refractivity contribution in [3.63, 3.8) is 0 Å². The van der Waals surface area contributed by atoms with Gasteiger partial charge in [-0.2, -0.15) is 5.10 Å². The molecule has 230 valence electrons. The molecular formula is C31H41Cl2F2N5O2. The van der Waals surface area contributed by atoms with Crippen LogP contribution in [0.3, 0.4) is 0 Å². The van der Waals surface area contributed by atoms with E-state index in [0.29, 0.717) is 23.0 Å². The van der Waals surface area contributed by atoms with Gasteiger partial charge in [-0.25, -0.2) is 8.78 Å². The third kappa shape index (κ3) is 8.14. The van der Waals surface area contributed by atoms with Crippen LogP contribution in [-0.2, 0) is 4.79 Å². The number of aromatic nitrogens is 2. The quantitative estimate of drug-likeness (QED) is 0.281. The van der Waals surface area contributed by atoms with Gasteiger partial charge in [-0.3, -0.25) is 14.4 Å². The highest BCUT2D eigenvalue weighted by Gasteiger charge is 2.28. The average molecular weight is 625 g/mol. The standard InChI is InChI=1S/C30H38ClF2N5.CH2O2.ClH/c1-21(2)19-35-13-15-36(16-14-35)25-9-6-23(7-10-25)27-11-8-24(31)17-28(27)37-12-4-5-26(20-37)38-29(30(32)33)22(3)18-34-38;2-1-3;/h6-11,17-18,21,26,30H,4-5,12-16,19-20H2,1-3H3;1H,(H,2,3);1H. The number of aryl methyl sites for hydroxylation is 1. The normalized spacial score (nSPS) is 17.6. The predicted octanol–water partition coefficient (Wildman–Crippen LogP) is 7.19. The molecule has 2 fully saturated rings. The molecule has 3 heterocycles. The van der Waals surface area contributed by atoms with E-state index in [1.54, 1.807) is 17.8 Å². The molecule has 2 aliphatic rings. The summed E-state index contributed by atoms with van der Waals surface area (Å²) < 4.78 is 29.1. The maximum Gasteiger partial charge on any atom is 0.290 e. The highest BCUT2D eigenvalue weighted by atomic mass is 35.5. The lowest BCUT2D eigenvalue weighted by atomic mass is 9.99. The molecule has 2 saturated heterocycles. The van der Waals surface area contributed by atoms with Crippen molar-refractivity contribution in [1.82, 2.24) is 14.7 Å². The van der Waals surface area contributed by atoms with E-state index in [9.17, 15) is 8.78 Å². The van der Waals surface area contributed by atoms with Crippen molar-refractivity contribution >= 4 is 41.9 Å². The molecule has 2 aliphatic heterocycles. The lowest BCUT2D eigenvalue weighted by molar-refractivity contribution is -0.122. The van der Waals surface area contributed by atoms with Crippen LogP contribution >= 0.6 is 24.0 Å². The van der Waals surface area contributed by atoms with Crippen LogP contribution in [0.4, 0.5) is 20.2 Å². The van der Waals surface area contributed by atoms with E-state index in [0.717, 1.165) is 68.9 Å². The van der Waals surface area contributed by atoms with E-state index < -0.39 is 6.43 Å². The SMILES string of the molecule is Cc1cnn(C2CCCN(c3cc(Cl)ccc3-c3ccc(N4CCN(CC(C)C)CC4)cc3)C2)c1C(F)F.Cl.O=CO. The molecule has 3 aromatic rings. The summed E-state index contributed by atoms with van der Waals surface area (Å²) in [5.74, 6) is 0.694. The smallest absolute Gasteiger partial charge is 0.290 e. The number of halogens is 4. The van der Waals surface area contributed by atoms with Crippen LogP contribution < -0.4 is 9.80 Å². The highest BCUT2D eigenvalue weighted by molar-refractivity contribution is 6.31. The minimum Gasteiger partial charge on any atom is -0.483 e. The number of piperazine rings is 1. The zero-order valence-electron chi connectivity index (χ0n) is 24.4. The summed E-state index contributed by atoms with van der Waals surface area (Å²) in [6, 6.07) is 14.7. The Kier molecular flexibility index (Phi) is 12.4. The molecule has 0 aliphatic carbocycles. The maximum absolute atomic E-state index is 13.8. The zero-order chi connectivity index (χ0) is 29.5. The number of anilines is 2. The minimum absolute atomic E-state index is 0. The van der Waals surface area contributed by atoms with Gasteiger partial charge in [0.15, 0.2) is 0 Å². The Labute approximate surface area is 258 Å². The predicted molar refractivity (Wildman–Crippen MR) is 169 cm³/mol. The summed E-state index contributed by atoms with van der Waals surface area (Å²) >= 11 is 6.46. The van der Waals surface area contributed by atoms with Crippen molar-refractivity contribution < 1.29 is 18.7 Å².